The van der Waals surface area contributed by atoms with Crippen molar-refractivity contribution in [2.75, 3.05) is 26.4 Å². The Kier molecular flexibility index (Phi) is 7.86. The van der Waals surface area contributed by atoms with Crippen LogP contribution in [-0.4, -0.2) is 68.6 Å². The minimum Gasteiger partial charge on any atom is -0.464 e. The first kappa shape index (κ1) is 23.1. The number of aryl methyl sites for hydroxylation is 2. The fourth-order valence-electron chi connectivity index (χ4n) is 3.66. The van der Waals surface area contributed by atoms with E-state index in [-0.39, 0.29) is 30.8 Å². The maximum Gasteiger partial charge on any atom is 0.324 e. The molecule has 3 rings (SSSR count). The number of aliphatic hydroxyl groups excluding tert-OH is 1. The van der Waals surface area contributed by atoms with Crippen molar-refractivity contribution in [3.8, 4) is 0 Å². The molecular weight excluding hydrogens is 410 g/mol. The van der Waals surface area contributed by atoms with Crippen LogP contribution in [0.4, 0.5) is 0 Å². The van der Waals surface area contributed by atoms with E-state index in [1.54, 1.807) is 12.1 Å². The molecule has 0 radical (unpaired) electrons. The Morgan fingerprint density at radius 2 is 2.03 bits per heavy atom. The van der Waals surface area contributed by atoms with Gasteiger partial charge >= 0.3 is 5.97 Å². The lowest BCUT2D eigenvalue weighted by Gasteiger charge is -2.23. The monoisotopic (exact) mass is 441 g/mol. The molecule has 9 heteroatoms. The minimum atomic E-state index is -3.92. The molecule has 0 amide bonds. The number of carbonyl (C=O) groups excluding carboxylic acids is 1. The van der Waals surface area contributed by atoms with Crippen molar-refractivity contribution in [3.05, 3.63) is 29.3 Å². The van der Waals surface area contributed by atoms with Gasteiger partial charge in [0.2, 0.25) is 10.0 Å². The highest BCUT2D eigenvalue weighted by Gasteiger charge is 2.44. The van der Waals surface area contributed by atoms with Crippen LogP contribution in [0.25, 0.3) is 0 Å². The van der Waals surface area contributed by atoms with Crippen LogP contribution in [0, 0.1) is 13.8 Å². The third-order valence-electron chi connectivity index (χ3n) is 5.57. The van der Waals surface area contributed by atoms with Gasteiger partial charge in [0.05, 0.1) is 24.2 Å². The third-order valence-corrected chi connectivity index (χ3v) is 7.44. The molecule has 0 saturated carbocycles. The van der Waals surface area contributed by atoms with E-state index in [2.05, 4.69) is 0 Å². The van der Waals surface area contributed by atoms with Crippen LogP contribution in [-0.2, 0) is 29.0 Å². The third kappa shape index (κ3) is 5.59. The standard InChI is InChI=1S/C21H31NO7S/c1-15-7-8-18(12-16(15)2)30(25,26)22-14-17(23)13-19(22)21(24)29-11-5-10-28-20-6-3-4-9-27-20/h7-8,12,17,19-20,23H,3-6,9-11,13-14H2,1-2H3/t17-,19-,20+/m0/s1. The number of aliphatic hydroxyl groups is 1. The quantitative estimate of drug-likeness (QED) is 0.486. The molecule has 0 spiro atoms. The summed E-state index contributed by atoms with van der Waals surface area (Å²) in [7, 11) is -3.92. The molecule has 1 aromatic carbocycles. The second-order valence-electron chi connectivity index (χ2n) is 7.91. The zero-order valence-corrected chi connectivity index (χ0v) is 18.4. The molecule has 0 unspecified atom stereocenters. The van der Waals surface area contributed by atoms with Gasteiger partial charge < -0.3 is 19.3 Å². The first-order valence-electron chi connectivity index (χ1n) is 10.5. The number of hydrogen-bond acceptors (Lipinski definition) is 7. The lowest BCUT2D eigenvalue weighted by molar-refractivity contribution is -0.165. The van der Waals surface area contributed by atoms with E-state index < -0.39 is 28.1 Å². The molecule has 2 saturated heterocycles. The summed E-state index contributed by atoms with van der Waals surface area (Å²) in [4.78, 5) is 12.7. The normalized spacial score (nSPS) is 25.4. The number of hydrogen-bond donors (Lipinski definition) is 1. The summed E-state index contributed by atoms with van der Waals surface area (Å²) in [6, 6.07) is 3.81. The number of sulfonamides is 1. The van der Waals surface area contributed by atoms with Crippen molar-refractivity contribution in [3.63, 3.8) is 0 Å². The fourth-order valence-corrected chi connectivity index (χ4v) is 5.37. The van der Waals surface area contributed by atoms with Gasteiger partial charge in [-0.25, -0.2) is 8.42 Å². The van der Waals surface area contributed by atoms with Gasteiger partial charge in [-0.2, -0.15) is 4.31 Å². The van der Waals surface area contributed by atoms with Crippen molar-refractivity contribution in [1.29, 1.82) is 0 Å². The van der Waals surface area contributed by atoms with Crippen molar-refractivity contribution in [1.82, 2.24) is 4.31 Å². The molecule has 2 fully saturated rings. The van der Waals surface area contributed by atoms with E-state index in [4.69, 9.17) is 14.2 Å². The van der Waals surface area contributed by atoms with Crippen LogP contribution in [0.5, 0.6) is 0 Å². The van der Waals surface area contributed by atoms with Gasteiger partial charge in [0.25, 0.3) is 0 Å². The smallest absolute Gasteiger partial charge is 0.324 e. The fraction of sp³-hybridized carbons (Fsp3) is 0.667. The maximum absolute atomic E-state index is 13.1. The minimum absolute atomic E-state index is 0.0231. The number of rotatable bonds is 8. The van der Waals surface area contributed by atoms with E-state index in [0.29, 0.717) is 19.6 Å². The summed E-state index contributed by atoms with van der Waals surface area (Å²) in [6.07, 6.45) is 2.40. The number of esters is 1. The Balaban J connectivity index is 1.55. The van der Waals surface area contributed by atoms with E-state index >= 15 is 0 Å². The molecule has 168 valence electrons. The van der Waals surface area contributed by atoms with Crippen LogP contribution in [0.1, 0.15) is 43.2 Å². The van der Waals surface area contributed by atoms with Gasteiger partial charge in [0.15, 0.2) is 6.29 Å². The predicted octanol–water partition coefficient (Wildman–Crippen LogP) is 1.90. The molecule has 0 aliphatic carbocycles. The van der Waals surface area contributed by atoms with Crippen LogP contribution < -0.4 is 0 Å². The molecular formula is C21H31NO7S. The Labute approximate surface area is 178 Å². The first-order valence-corrected chi connectivity index (χ1v) is 11.9. The van der Waals surface area contributed by atoms with Crippen molar-refractivity contribution in [2.24, 2.45) is 0 Å². The lowest BCUT2D eigenvalue weighted by atomic mass is 10.1. The molecule has 1 N–H and O–H groups in total. The van der Waals surface area contributed by atoms with Crippen LogP contribution in [0.3, 0.4) is 0 Å². The van der Waals surface area contributed by atoms with E-state index in [0.717, 1.165) is 34.7 Å². The van der Waals surface area contributed by atoms with Crippen molar-refractivity contribution in [2.45, 2.75) is 69.3 Å². The highest BCUT2D eigenvalue weighted by atomic mass is 32.2. The highest BCUT2D eigenvalue weighted by molar-refractivity contribution is 7.89. The Morgan fingerprint density at radius 3 is 2.73 bits per heavy atom. The molecule has 2 aliphatic heterocycles. The number of ether oxygens (including phenoxy) is 3. The average molecular weight is 442 g/mol. The van der Waals surface area contributed by atoms with Crippen LogP contribution in [0.2, 0.25) is 0 Å². The summed E-state index contributed by atoms with van der Waals surface area (Å²) in [5, 5.41) is 10.0. The SMILES string of the molecule is Cc1ccc(S(=O)(=O)N2C[C@@H](O)C[C@H]2C(=O)OCCCO[C@@H]2CCCCO2)cc1C. The molecule has 3 atom stereocenters. The Morgan fingerprint density at radius 1 is 1.23 bits per heavy atom. The van der Waals surface area contributed by atoms with Crippen molar-refractivity contribution < 1.29 is 32.5 Å². The number of carbonyl (C=O) groups is 1. The zero-order valence-electron chi connectivity index (χ0n) is 17.6. The van der Waals surface area contributed by atoms with Crippen LogP contribution in [0.15, 0.2) is 23.1 Å². The van der Waals surface area contributed by atoms with Crippen LogP contribution >= 0.6 is 0 Å². The Hall–Kier alpha value is -1.52. The lowest BCUT2D eigenvalue weighted by Crippen LogP contribution is -2.41. The summed E-state index contributed by atoms with van der Waals surface area (Å²) in [5.74, 6) is -0.645. The second-order valence-corrected chi connectivity index (χ2v) is 9.80. The van der Waals surface area contributed by atoms with Gasteiger partial charge in [-0.1, -0.05) is 6.07 Å². The average Bonchev–Trinajstić information content (AvgIpc) is 3.13. The van der Waals surface area contributed by atoms with Gasteiger partial charge in [-0.05, 0) is 56.4 Å². The summed E-state index contributed by atoms with van der Waals surface area (Å²) < 4.78 is 43.6. The molecule has 0 bridgehead atoms. The van der Waals surface area contributed by atoms with Gasteiger partial charge in [0.1, 0.15) is 6.04 Å². The van der Waals surface area contributed by atoms with E-state index in [1.165, 1.54) is 6.07 Å². The summed E-state index contributed by atoms with van der Waals surface area (Å²) >= 11 is 0. The van der Waals surface area contributed by atoms with E-state index in [9.17, 15) is 18.3 Å². The topological polar surface area (TPSA) is 102 Å². The van der Waals surface area contributed by atoms with Crippen molar-refractivity contribution >= 4 is 16.0 Å². The number of nitrogens with zero attached hydrogens (tertiary/aromatic N) is 1. The molecule has 30 heavy (non-hydrogen) atoms. The molecule has 0 aromatic heterocycles. The second kappa shape index (κ2) is 10.2. The van der Waals surface area contributed by atoms with E-state index in [1.807, 2.05) is 13.8 Å². The van der Waals surface area contributed by atoms with Gasteiger partial charge in [-0.15, -0.1) is 0 Å². The van der Waals surface area contributed by atoms with Gasteiger partial charge in [0, 0.05) is 26.0 Å². The number of benzene rings is 1. The highest BCUT2D eigenvalue weighted by Crippen LogP contribution is 2.28. The molecule has 2 aliphatic rings. The van der Waals surface area contributed by atoms with Gasteiger partial charge in [-0.3, -0.25) is 4.79 Å². The number of β-amino-alcohol motifs (C(OH)–C–C–N with tert-alkyl or cyclic N) is 1. The maximum atomic E-state index is 13.1. The molecule has 2 heterocycles. The molecule has 8 nitrogen and oxygen atoms in total. The summed E-state index contributed by atoms with van der Waals surface area (Å²) in [6.45, 7) is 4.83. The predicted molar refractivity (Wildman–Crippen MR) is 109 cm³/mol. The largest absolute Gasteiger partial charge is 0.464 e. The zero-order chi connectivity index (χ0) is 21.7. The molecule has 1 aromatic rings. The summed E-state index contributed by atoms with van der Waals surface area (Å²) in [5.41, 5.74) is 1.82. The Bertz CT molecular complexity index is 836. The first-order chi connectivity index (χ1) is 14.3.